The number of halogens is 1. The van der Waals surface area contributed by atoms with Crippen LogP contribution in [0.5, 0.6) is 0 Å². The summed E-state index contributed by atoms with van der Waals surface area (Å²) in [5.41, 5.74) is 2.56. The fourth-order valence-corrected chi connectivity index (χ4v) is 2.80. The summed E-state index contributed by atoms with van der Waals surface area (Å²) in [4.78, 5) is 10.7. The molecule has 1 aromatic heterocycles. The third kappa shape index (κ3) is 1.99. The van der Waals surface area contributed by atoms with Crippen molar-refractivity contribution >= 4 is 27.6 Å². The van der Waals surface area contributed by atoms with Gasteiger partial charge in [-0.05, 0) is 35.2 Å². The maximum absolute atomic E-state index is 5.39. The minimum Gasteiger partial charge on any atom is -0.353 e. The minimum absolute atomic E-state index is 0.506. The highest BCUT2D eigenvalue weighted by Gasteiger charge is 2.29. The molecular formula is C10H16BrN5. The van der Waals surface area contributed by atoms with Crippen molar-refractivity contribution in [1.82, 2.24) is 9.97 Å². The molecule has 16 heavy (non-hydrogen) atoms. The Balaban J connectivity index is 2.33. The molecular weight excluding hydrogens is 270 g/mol. The lowest BCUT2D eigenvalue weighted by atomic mass is 10.1. The van der Waals surface area contributed by atoms with Crippen LogP contribution in [0.1, 0.15) is 20.3 Å². The number of rotatable bonds is 2. The maximum Gasteiger partial charge on any atom is 0.159 e. The van der Waals surface area contributed by atoms with Gasteiger partial charge in [-0.3, -0.25) is 0 Å². The van der Waals surface area contributed by atoms with Crippen LogP contribution in [0, 0.1) is 5.92 Å². The number of hydrogen-bond acceptors (Lipinski definition) is 5. The summed E-state index contributed by atoms with van der Waals surface area (Å²) < 4.78 is 0.832. The number of hydrogen-bond donors (Lipinski definition) is 2. The van der Waals surface area contributed by atoms with Gasteiger partial charge in [0.2, 0.25) is 0 Å². The first-order valence-corrected chi connectivity index (χ1v) is 6.16. The Morgan fingerprint density at radius 2 is 2.25 bits per heavy atom. The van der Waals surface area contributed by atoms with E-state index in [-0.39, 0.29) is 0 Å². The molecule has 0 spiro atoms. The summed E-state index contributed by atoms with van der Waals surface area (Å²) >= 11 is 3.49. The van der Waals surface area contributed by atoms with Gasteiger partial charge < -0.3 is 10.3 Å². The van der Waals surface area contributed by atoms with Gasteiger partial charge in [-0.25, -0.2) is 15.8 Å². The van der Waals surface area contributed by atoms with Gasteiger partial charge in [-0.2, -0.15) is 0 Å². The highest BCUT2D eigenvalue weighted by molar-refractivity contribution is 9.10. The number of nitrogens with one attached hydrogen (secondary N) is 1. The Morgan fingerprint density at radius 3 is 2.81 bits per heavy atom. The molecule has 0 aromatic carbocycles. The second-order valence-corrected chi connectivity index (χ2v) is 5.14. The molecule has 0 bridgehead atoms. The van der Waals surface area contributed by atoms with Gasteiger partial charge in [0.1, 0.15) is 16.6 Å². The Kier molecular flexibility index (Phi) is 3.30. The van der Waals surface area contributed by atoms with Crippen LogP contribution in [0.15, 0.2) is 10.8 Å². The molecule has 0 radical (unpaired) electrons. The van der Waals surface area contributed by atoms with Crippen LogP contribution < -0.4 is 16.2 Å². The molecule has 2 atom stereocenters. The number of anilines is 2. The van der Waals surface area contributed by atoms with E-state index >= 15 is 0 Å². The number of hydrazine groups is 1. The summed E-state index contributed by atoms with van der Waals surface area (Å²) in [5.74, 6) is 7.63. The molecule has 5 nitrogen and oxygen atoms in total. The van der Waals surface area contributed by atoms with Crippen molar-refractivity contribution in [3.63, 3.8) is 0 Å². The minimum atomic E-state index is 0.506. The van der Waals surface area contributed by atoms with Crippen molar-refractivity contribution in [2.75, 3.05) is 16.9 Å². The number of nitrogen functional groups attached to an aromatic ring is 1. The zero-order chi connectivity index (χ0) is 11.7. The highest BCUT2D eigenvalue weighted by atomic mass is 79.9. The topological polar surface area (TPSA) is 67.1 Å². The summed E-state index contributed by atoms with van der Waals surface area (Å²) in [6.07, 6.45) is 2.73. The first-order valence-electron chi connectivity index (χ1n) is 5.37. The first-order chi connectivity index (χ1) is 7.63. The lowest BCUT2D eigenvalue weighted by Crippen LogP contribution is -2.28. The van der Waals surface area contributed by atoms with Gasteiger partial charge in [0.25, 0.3) is 0 Å². The van der Waals surface area contributed by atoms with Crippen LogP contribution in [-0.4, -0.2) is 22.6 Å². The van der Waals surface area contributed by atoms with E-state index in [0.29, 0.717) is 17.8 Å². The molecule has 0 saturated carbocycles. The standard InChI is InChI=1S/C10H16BrN5/c1-6-3-7(2)16(4-6)10-8(11)9(15-12)13-5-14-10/h5-7H,3-4,12H2,1-2H3,(H,13,14,15). The highest BCUT2D eigenvalue weighted by Crippen LogP contribution is 2.34. The smallest absolute Gasteiger partial charge is 0.159 e. The van der Waals surface area contributed by atoms with E-state index in [9.17, 15) is 0 Å². The van der Waals surface area contributed by atoms with Crippen molar-refractivity contribution in [1.29, 1.82) is 0 Å². The third-order valence-electron chi connectivity index (χ3n) is 2.96. The van der Waals surface area contributed by atoms with Crippen molar-refractivity contribution in [3.8, 4) is 0 Å². The Bertz CT molecular complexity index is 383. The van der Waals surface area contributed by atoms with E-state index in [1.165, 1.54) is 12.7 Å². The largest absolute Gasteiger partial charge is 0.353 e. The van der Waals surface area contributed by atoms with E-state index in [2.05, 4.69) is 50.1 Å². The molecule has 0 aliphatic carbocycles. The Labute approximate surface area is 104 Å². The molecule has 1 aliphatic rings. The van der Waals surface area contributed by atoms with Gasteiger partial charge in [0.15, 0.2) is 5.82 Å². The average molecular weight is 286 g/mol. The molecule has 6 heteroatoms. The summed E-state index contributed by atoms with van der Waals surface area (Å²) in [5, 5.41) is 0. The molecule has 88 valence electrons. The van der Waals surface area contributed by atoms with Crippen molar-refractivity contribution in [2.45, 2.75) is 26.3 Å². The van der Waals surface area contributed by atoms with Gasteiger partial charge >= 0.3 is 0 Å². The van der Waals surface area contributed by atoms with E-state index in [4.69, 9.17) is 5.84 Å². The normalized spacial score (nSPS) is 24.9. The Hall–Kier alpha value is -0.880. The number of aromatic nitrogens is 2. The molecule has 2 heterocycles. The second kappa shape index (κ2) is 4.55. The molecule has 1 aromatic rings. The van der Waals surface area contributed by atoms with Crippen LogP contribution in [0.2, 0.25) is 0 Å². The van der Waals surface area contributed by atoms with Gasteiger partial charge in [0.05, 0.1) is 0 Å². The van der Waals surface area contributed by atoms with Gasteiger partial charge in [0, 0.05) is 12.6 Å². The summed E-state index contributed by atoms with van der Waals surface area (Å²) in [6, 6.07) is 0.506. The molecule has 0 amide bonds. The maximum atomic E-state index is 5.39. The summed E-state index contributed by atoms with van der Waals surface area (Å²) in [6.45, 7) is 5.50. The number of nitrogens with zero attached hydrogens (tertiary/aromatic N) is 3. The molecule has 2 unspecified atom stereocenters. The number of nitrogens with two attached hydrogens (primary N) is 1. The van der Waals surface area contributed by atoms with Gasteiger partial charge in [-0.1, -0.05) is 6.92 Å². The van der Waals surface area contributed by atoms with E-state index in [1.54, 1.807) is 0 Å². The van der Waals surface area contributed by atoms with Crippen LogP contribution >= 0.6 is 15.9 Å². The first kappa shape index (κ1) is 11.6. The third-order valence-corrected chi connectivity index (χ3v) is 3.69. The average Bonchev–Trinajstić information content (AvgIpc) is 2.58. The molecule has 1 saturated heterocycles. The monoisotopic (exact) mass is 285 g/mol. The van der Waals surface area contributed by atoms with Crippen molar-refractivity contribution in [2.24, 2.45) is 11.8 Å². The zero-order valence-electron chi connectivity index (χ0n) is 9.44. The fraction of sp³-hybridized carbons (Fsp3) is 0.600. The van der Waals surface area contributed by atoms with Crippen LogP contribution in [0.4, 0.5) is 11.6 Å². The molecule has 2 rings (SSSR count). The fourth-order valence-electron chi connectivity index (χ4n) is 2.26. The van der Waals surface area contributed by atoms with Crippen LogP contribution in [0.3, 0.4) is 0 Å². The van der Waals surface area contributed by atoms with Crippen molar-refractivity contribution < 1.29 is 0 Å². The quantitative estimate of drug-likeness (QED) is 0.640. The van der Waals surface area contributed by atoms with Crippen LogP contribution in [0.25, 0.3) is 0 Å². The van der Waals surface area contributed by atoms with E-state index in [1.807, 2.05) is 0 Å². The lowest BCUT2D eigenvalue weighted by molar-refractivity contribution is 0.625. The predicted molar refractivity (Wildman–Crippen MR) is 68.1 cm³/mol. The lowest BCUT2D eigenvalue weighted by Gasteiger charge is -2.24. The molecule has 3 N–H and O–H groups in total. The summed E-state index contributed by atoms with van der Waals surface area (Å²) in [7, 11) is 0. The Morgan fingerprint density at radius 1 is 1.50 bits per heavy atom. The van der Waals surface area contributed by atoms with Crippen molar-refractivity contribution in [3.05, 3.63) is 10.8 Å². The molecule has 1 aliphatic heterocycles. The van der Waals surface area contributed by atoms with E-state index in [0.717, 1.165) is 16.8 Å². The predicted octanol–water partition coefficient (Wildman–Crippen LogP) is 1.76. The SMILES string of the molecule is CC1CC(C)N(c2ncnc(NN)c2Br)C1. The van der Waals surface area contributed by atoms with Gasteiger partial charge in [-0.15, -0.1) is 0 Å². The molecule has 1 fully saturated rings. The second-order valence-electron chi connectivity index (χ2n) is 4.35. The van der Waals surface area contributed by atoms with E-state index < -0.39 is 0 Å². The van der Waals surface area contributed by atoms with Crippen LogP contribution in [-0.2, 0) is 0 Å². The zero-order valence-corrected chi connectivity index (χ0v) is 11.0.